The van der Waals surface area contributed by atoms with E-state index in [2.05, 4.69) is 28.7 Å². The number of hydrogen-bond acceptors (Lipinski definition) is 5. The van der Waals surface area contributed by atoms with Crippen molar-refractivity contribution in [3.63, 3.8) is 0 Å². The topological polar surface area (TPSA) is 49.9 Å². The zero-order valence-corrected chi connectivity index (χ0v) is 24.1. The van der Waals surface area contributed by atoms with Gasteiger partial charge in [0.25, 0.3) is 0 Å². The highest BCUT2D eigenvalue weighted by Gasteiger charge is 2.11. The molecule has 1 aliphatic rings. The molecule has 6 heteroatoms. The maximum absolute atomic E-state index is 14.9. The highest BCUT2D eigenvalue weighted by molar-refractivity contribution is 5.87. The van der Waals surface area contributed by atoms with Crippen LogP contribution in [0.1, 0.15) is 50.2 Å². The van der Waals surface area contributed by atoms with Gasteiger partial charge in [-0.05, 0) is 72.9 Å². The third-order valence-corrected chi connectivity index (χ3v) is 7.34. The fraction of sp³-hybridized carbons (Fsp3) is 0.353. The Labute approximate surface area is 238 Å². The summed E-state index contributed by atoms with van der Waals surface area (Å²) in [6.45, 7) is 3.46. The van der Waals surface area contributed by atoms with Crippen molar-refractivity contribution in [2.75, 3.05) is 37.5 Å². The molecule has 0 aromatic heterocycles. The number of aldehydes is 1. The van der Waals surface area contributed by atoms with Crippen molar-refractivity contribution < 1.29 is 18.7 Å². The number of hydrogen-bond donors (Lipinski definition) is 0. The van der Waals surface area contributed by atoms with Crippen LogP contribution in [0.3, 0.4) is 0 Å². The summed E-state index contributed by atoms with van der Waals surface area (Å²) in [5.74, 6) is -0.229. The molecule has 0 saturated heterocycles. The standard InChI is InChI=1S/C27H29FN2O2.C7H12O/c1-5-29(2)24-14-12-21(13-15-24)22-10-11-23(26(28)18-22)19-30(3)25-8-6-7-20(17-25)9-16-27(31)32-4;8-6-7-4-2-1-3-5-7/h6-18H,5,19H2,1-4H3;6-7H,1-5H2/b16-9+;. The molecular formula is C34H41FN2O3. The number of benzene rings is 3. The van der Waals surface area contributed by atoms with Gasteiger partial charge in [0.15, 0.2) is 0 Å². The third-order valence-electron chi connectivity index (χ3n) is 7.34. The van der Waals surface area contributed by atoms with Gasteiger partial charge in [-0.3, -0.25) is 0 Å². The van der Waals surface area contributed by atoms with Crippen molar-refractivity contribution in [2.45, 2.75) is 45.6 Å². The summed E-state index contributed by atoms with van der Waals surface area (Å²) >= 11 is 0. The Bertz CT molecular complexity index is 1270. The first-order valence-corrected chi connectivity index (χ1v) is 14.0. The number of methoxy groups -OCH3 is 1. The SMILES string of the molecule is CCN(C)c1ccc(-c2ccc(CN(C)c3cccc(/C=C/C(=O)OC)c3)c(F)c2)cc1.O=CC1CCCCC1. The van der Waals surface area contributed by atoms with E-state index >= 15 is 0 Å². The summed E-state index contributed by atoms with van der Waals surface area (Å²) in [5, 5.41) is 0. The summed E-state index contributed by atoms with van der Waals surface area (Å²) in [4.78, 5) is 25.6. The van der Waals surface area contributed by atoms with E-state index in [1.807, 2.05) is 67.5 Å². The first-order valence-electron chi connectivity index (χ1n) is 14.0. The molecule has 0 aliphatic heterocycles. The highest BCUT2D eigenvalue weighted by atomic mass is 19.1. The predicted octanol–water partition coefficient (Wildman–Crippen LogP) is 7.54. The minimum atomic E-state index is -0.405. The molecule has 40 heavy (non-hydrogen) atoms. The van der Waals surface area contributed by atoms with Crippen molar-refractivity contribution in [1.29, 1.82) is 0 Å². The Morgan fingerprint density at radius 1 is 0.925 bits per heavy atom. The lowest BCUT2D eigenvalue weighted by Gasteiger charge is -2.20. The smallest absolute Gasteiger partial charge is 0.330 e. The van der Waals surface area contributed by atoms with Gasteiger partial charge in [0.05, 0.1) is 7.11 Å². The van der Waals surface area contributed by atoms with Crippen LogP contribution in [-0.2, 0) is 20.9 Å². The lowest BCUT2D eigenvalue weighted by atomic mass is 9.91. The number of esters is 1. The normalized spacial score (nSPS) is 13.3. The molecule has 1 fully saturated rings. The number of rotatable bonds is 9. The zero-order valence-electron chi connectivity index (χ0n) is 24.1. The van der Waals surface area contributed by atoms with E-state index in [1.165, 1.54) is 32.4 Å². The van der Waals surface area contributed by atoms with Crippen LogP contribution in [0, 0.1) is 11.7 Å². The minimum absolute atomic E-state index is 0.231. The first kappa shape index (κ1) is 30.6. The molecule has 0 atom stereocenters. The van der Waals surface area contributed by atoms with Crippen LogP contribution in [0.15, 0.2) is 72.8 Å². The Balaban J connectivity index is 0.000000472. The van der Waals surface area contributed by atoms with Crippen molar-refractivity contribution in [1.82, 2.24) is 0 Å². The largest absolute Gasteiger partial charge is 0.466 e. The zero-order chi connectivity index (χ0) is 28.9. The van der Waals surface area contributed by atoms with Crippen molar-refractivity contribution in [2.24, 2.45) is 5.92 Å². The molecule has 5 nitrogen and oxygen atoms in total. The second-order valence-corrected chi connectivity index (χ2v) is 10.2. The van der Waals surface area contributed by atoms with E-state index in [-0.39, 0.29) is 5.82 Å². The monoisotopic (exact) mass is 544 g/mol. The van der Waals surface area contributed by atoms with E-state index in [4.69, 9.17) is 0 Å². The Kier molecular flexibility index (Phi) is 11.9. The number of carbonyl (C=O) groups excluding carboxylic acids is 2. The second-order valence-electron chi connectivity index (χ2n) is 10.2. The van der Waals surface area contributed by atoms with Gasteiger partial charge in [-0.25, -0.2) is 9.18 Å². The molecule has 0 radical (unpaired) electrons. The Morgan fingerprint density at radius 2 is 1.62 bits per heavy atom. The number of nitrogens with zero attached hydrogens (tertiary/aromatic N) is 2. The van der Waals surface area contributed by atoms with Crippen LogP contribution < -0.4 is 9.80 Å². The molecule has 0 spiro atoms. The highest BCUT2D eigenvalue weighted by Crippen LogP contribution is 2.26. The first-order chi connectivity index (χ1) is 19.3. The molecule has 1 saturated carbocycles. The molecule has 3 aromatic rings. The van der Waals surface area contributed by atoms with E-state index in [0.717, 1.165) is 53.7 Å². The molecule has 4 rings (SSSR count). The second kappa shape index (κ2) is 15.6. The van der Waals surface area contributed by atoms with Crippen LogP contribution in [0.2, 0.25) is 0 Å². The summed E-state index contributed by atoms with van der Waals surface area (Å²) in [6, 6.07) is 21.3. The van der Waals surface area contributed by atoms with Crippen LogP contribution in [0.25, 0.3) is 17.2 Å². The van der Waals surface area contributed by atoms with Crippen molar-refractivity contribution in [3.8, 4) is 11.1 Å². The van der Waals surface area contributed by atoms with Gasteiger partial charge >= 0.3 is 5.97 Å². The van der Waals surface area contributed by atoms with Gasteiger partial charge < -0.3 is 19.3 Å². The molecule has 1 aliphatic carbocycles. The molecule has 3 aromatic carbocycles. The van der Waals surface area contributed by atoms with Crippen LogP contribution in [0.4, 0.5) is 15.8 Å². The van der Waals surface area contributed by atoms with Gasteiger partial charge in [-0.15, -0.1) is 0 Å². The van der Waals surface area contributed by atoms with E-state index < -0.39 is 5.97 Å². The van der Waals surface area contributed by atoms with Gasteiger partial charge in [-0.1, -0.05) is 55.7 Å². The molecule has 0 unspecified atom stereocenters. The summed E-state index contributed by atoms with van der Waals surface area (Å²) in [7, 11) is 5.31. The molecule has 0 heterocycles. The summed E-state index contributed by atoms with van der Waals surface area (Å²) < 4.78 is 19.5. The molecule has 212 valence electrons. The summed E-state index contributed by atoms with van der Waals surface area (Å²) in [5.41, 5.74) is 5.40. The molecular weight excluding hydrogens is 503 g/mol. The van der Waals surface area contributed by atoms with Gasteiger partial charge in [0.2, 0.25) is 0 Å². The van der Waals surface area contributed by atoms with Crippen molar-refractivity contribution in [3.05, 3.63) is 89.8 Å². The maximum Gasteiger partial charge on any atom is 0.330 e. The number of anilines is 2. The summed E-state index contributed by atoms with van der Waals surface area (Å²) in [6.07, 6.45) is 10.3. The molecule has 0 bridgehead atoms. The van der Waals surface area contributed by atoms with E-state index in [1.54, 1.807) is 12.1 Å². The van der Waals surface area contributed by atoms with Gasteiger partial charge in [0.1, 0.15) is 12.1 Å². The van der Waals surface area contributed by atoms with Gasteiger partial charge in [0, 0.05) is 56.1 Å². The predicted molar refractivity (Wildman–Crippen MR) is 163 cm³/mol. The average Bonchev–Trinajstić information content (AvgIpc) is 3.01. The number of carbonyl (C=O) groups is 2. The maximum atomic E-state index is 14.9. The van der Waals surface area contributed by atoms with Crippen LogP contribution >= 0.6 is 0 Å². The van der Waals surface area contributed by atoms with E-state index in [0.29, 0.717) is 18.0 Å². The fourth-order valence-electron chi connectivity index (χ4n) is 4.66. The van der Waals surface area contributed by atoms with Gasteiger partial charge in [-0.2, -0.15) is 0 Å². The number of ether oxygens (including phenoxy) is 1. The Morgan fingerprint density at radius 3 is 2.23 bits per heavy atom. The molecule has 0 N–H and O–H groups in total. The quantitative estimate of drug-likeness (QED) is 0.158. The van der Waals surface area contributed by atoms with Crippen molar-refractivity contribution >= 4 is 29.7 Å². The molecule has 0 amide bonds. The fourth-order valence-corrected chi connectivity index (χ4v) is 4.66. The van der Waals surface area contributed by atoms with E-state index in [9.17, 15) is 14.0 Å². The third kappa shape index (κ3) is 9.08. The average molecular weight is 545 g/mol. The lowest BCUT2D eigenvalue weighted by molar-refractivity contribution is -0.134. The number of halogens is 1. The Hall–Kier alpha value is -3.93. The van der Waals surface area contributed by atoms with Crippen LogP contribution in [0.5, 0.6) is 0 Å². The lowest BCUT2D eigenvalue weighted by Crippen LogP contribution is -2.17. The minimum Gasteiger partial charge on any atom is -0.466 e. The van der Waals surface area contributed by atoms with Crippen LogP contribution in [-0.4, -0.2) is 40.0 Å².